The second-order valence-electron chi connectivity index (χ2n) is 20.4. The van der Waals surface area contributed by atoms with Gasteiger partial charge >= 0.3 is 0 Å². The van der Waals surface area contributed by atoms with E-state index in [0.29, 0.717) is 46.6 Å². The van der Waals surface area contributed by atoms with Crippen LogP contribution in [0.4, 0.5) is 17.1 Å². The van der Waals surface area contributed by atoms with E-state index in [-0.39, 0.29) is 43.3 Å². The summed E-state index contributed by atoms with van der Waals surface area (Å²) in [4.78, 5) is 69.3. The van der Waals surface area contributed by atoms with E-state index in [1.807, 2.05) is 111 Å². The standard InChI is InChI=1S/C56H56ClN11O5S2/c1-29-31(3)75-55-47(29)48(35-16-18-39(57)19-17-35)61-44(51-66-63-32(4)68(51)55)25-46(70)60-40-20-21-42-37(22-40)14-12-34-13-15-38(23-43(34)65-64-42)52(71)62-50(56(5,6)7)54(73)67-27-41(69)24-45(67)53(72)58-26-33-8-10-36(11-9-33)49-30(2)59-28-74-49/h8-11,13,15-23,28,41,44-45,50,69H,12,14,24-27H2,1-7H3,(H,58,72)(H,60,70)(H,62,71)/b65-64-/t41-,44+,45+,50-/m1/s1. The Morgan fingerprint density at radius 3 is 2.33 bits per heavy atom. The summed E-state index contributed by atoms with van der Waals surface area (Å²) in [5.74, 6) is -0.288. The topological polar surface area (TPSA) is 209 Å². The van der Waals surface area contributed by atoms with Crippen molar-refractivity contribution in [2.45, 2.75) is 105 Å². The Hall–Kier alpha value is -7.25. The quantitative estimate of drug-likeness (QED) is 0.0978. The number of hydrogen-bond donors (Lipinski definition) is 4. The zero-order valence-electron chi connectivity index (χ0n) is 42.6. The molecule has 4 N–H and O–H groups in total. The molecule has 1 fully saturated rings. The van der Waals surface area contributed by atoms with Gasteiger partial charge in [-0.1, -0.05) is 74.8 Å². The third-order valence-electron chi connectivity index (χ3n) is 14.1. The van der Waals surface area contributed by atoms with Gasteiger partial charge in [-0.15, -0.1) is 32.9 Å². The number of thiazole rings is 1. The van der Waals surface area contributed by atoms with E-state index in [4.69, 9.17) is 16.6 Å². The number of halogens is 1. The smallest absolute Gasteiger partial charge is 0.252 e. The third kappa shape index (κ3) is 10.6. The lowest BCUT2D eigenvalue weighted by Crippen LogP contribution is -2.57. The number of carbonyl (C=O) groups is 4. The van der Waals surface area contributed by atoms with Gasteiger partial charge in [0.1, 0.15) is 29.0 Å². The van der Waals surface area contributed by atoms with Crippen LogP contribution in [0, 0.1) is 33.1 Å². The number of amides is 4. The van der Waals surface area contributed by atoms with E-state index in [0.717, 1.165) is 65.1 Å². The van der Waals surface area contributed by atoms with E-state index >= 15 is 0 Å². The predicted octanol–water partition coefficient (Wildman–Crippen LogP) is 10.2. The first kappa shape index (κ1) is 51.2. The summed E-state index contributed by atoms with van der Waals surface area (Å²) in [5.41, 5.74) is 11.5. The average Bonchev–Trinajstić information content (AvgIpc) is 4.16. The molecular weight excluding hydrogens is 1010 g/mol. The van der Waals surface area contributed by atoms with Gasteiger partial charge in [-0.05, 0) is 116 Å². The van der Waals surface area contributed by atoms with Gasteiger partial charge in [0.05, 0.1) is 45.7 Å². The molecule has 0 unspecified atom stereocenters. The molecule has 10 rings (SSSR count). The SMILES string of the molecule is Cc1ncsc1-c1ccc(CNC(=O)[C@@H]2C[C@@H](O)CN2C(=O)[C@@H](NC(=O)c2ccc3c(c2)/N=N\c2ccc(NC(=O)C[C@@H]4N=C(c5ccc(Cl)cc5)c5c(sc(C)c5C)-n5c(C)nnc54)cc2CC3)C(C)(C)C)cc1. The number of anilines is 1. The Kier molecular flexibility index (Phi) is 14.2. The number of aryl methyl sites for hydroxylation is 5. The minimum Gasteiger partial charge on any atom is -0.391 e. The molecular formula is C56H56ClN11O5S2. The lowest BCUT2D eigenvalue weighted by Gasteiger charge is -2.35. The summed E-state index contributed by atoms with van der Waals surface area (Å²) in [6.45, 7) is 13.8. The Balaban J connectivity index is 0.805. The number of nitrogens with one attached hydrogen (secondary N) is 3. The maximum atomic E-state index is 14.4. The molecule has 7 aromatic rings. The summed E-state index contributed by atoms with van der Waals surface area (Å²) in [6.07, 6.45) is 0.334. The largest absolute Gasteiger partial charge is 0.391 e. The number of aliphatic hydroxyl groups excluding tert-OH is 1. The molecule has 3 aromatic heterocycles. The first-order valence-electron chi connectivity index (χ1n) is 24.8. The van der Waals surface area contributed by atoms with Crippen molar-refractivity contribution in [2.75, 3.05) is 11.9 Å². The molecule has 4 aromatic carbocycles. The molecule has 16 nitrogen and oxygen atoms in total. The minimum absolute atomic E-state index is 0.0115. The van der Waals surface area contributed by atoms with E-state index in [1.165, 1.54) is 4.90 Å². The number of aromatic nitrogens is 4. The molecule has 3 aliphatic rings. The fraction of sp³-hybridized carbons (Fsp3) is 0.321. The summed E-state index contributed by atoms with van der Waals surface area (Å²) in [5, 5.41) is 39.5. The maximum absolute atomic E-state index is 14.4. The molecule has 4 atom stereocenters. The highest BCUT2D eigenvalue weighted by Gasteiger charge is 2.45. The van der Waals surface area contributed by atoms with Crippen molar-refractivity contribution >= 4 is 80.7 Å². The number of aliphatic hydroxyl groups is 1. The van der Waals surface area contributed by atoms with Crippen molar-refractivity contribution in [3.63, 3.8) is 0 Å². The van der Waals surface area contributed by atoms with Crippen LogP contribution in [-0.2, 0) is 33.8 Å². The van der Waals surface area contributed by atoms with Crippen LogP contribution in [0.5, 0.6) is 0 Å². The summed E-state index contributed by atoms with van der Waals surface area (Å²) < 4.78 is 2.02. The van der Waals surface area contributed by atoms with Gasteiger partial charge in [0.25, 0.3) is 5.91 Å². The summed E-state index contributed by atoms with van der Waals surface area (Å²) in [6, 6.07) is 23.6. The van der Waals surface area contributed by atoms with Crippen molar-refractivity contribution in [2.24, 2.45) is 20.6 Å². The molecule has 3 aliphatic heterocycles. The first-order valence-corrected chi connectivity index (χ1v) is 26.9. The van der Waals surface area contributed by atoms with E-state index in [1.54, 1.807) is 40.9 Å². The average molecular weight is 1060 g/mol. The van der Waals surface area contributed by atoms with E-state index < -0.39 is 41.5 Å². The molecule has 0 bridgehead atoms. The number of carbonyl (C=O) groups excluding carboxylic acids is 4. The van der Waals surface area contributed by atoms with Crippen LogP contribution in [0.15, 0.2) is 106 Å². The summed E-state index contributed by atoms with van der Waals surface area (Å²) in [7, 11) is 0. The highest BCUT2D eigenvalue weighted by atomic mass is 35.5. The lowest BCUT2D eigenvalue weighted by molar-refractivity contribution is -0.142. The zero-order valence-corrected chi connectivity index (χ0v) is 45.0. The number of likely N-dealkylation sites (tertiary alicyclic amines) is 1. The van der Waals surface area contributed by atoms with Crippen LogP contribution < -0.4 is 16.0 Å². The van der Waals surface area contributed by atoms with Crippen molar-refractivity contribution < 1.29 is 24.3 Å². The molecule has 0 aliphatic carbocycles. The number of β-amino-alcohol motifs (C(OH)–C–C–N with tert-alkyl or cyclic N) is 1. The van der Waals surface area contributed by atoms with Crippen molar-refractivity contribution in [3.8, 4) is 15.4 Å². The van der Waals surface area contributed by atoms with Gasteiger partial charge in [-0.3, -0.25) is 28.7 Å². The molecule has 0 saturated carbocycles. The van der Waals surface area contributed by atoms with Crippen molar-refractivity contribution in [3.05, 3.63) is 157 Å². The summed E-state index contributed by atoms with van der Waals surface area (Å²) >= 11 is 9.52. The molecule has 6 heterocycles. The monoisotopic (exact) mass is 1060 g/mol. The van der Waals surface area contributed by atoms with Gasteiger partial charge in [0.2, 0.25) is 17.7 Å². The fourth-order valence-electron chi connectivity index (χ4n) is 9.86. The van der Waals surface area contributed by atoms with E-state index in [2.05, 4.69) is 55.2 Å². The molecule has 75 heavy (non-hydrogen) atoms. The Bertz CT molecular complexity index is 3450. The van der Waals surface area contributed by atoms with Crippen LogP contribution in [-0.4, -0.2) is 83.8 Å². The fourth-order valence-corrected chi connectivity index (χ4v) is 12.0. The number of nitrogens with zero attached hydrogens (tertiary/aromatic N) is 8. The first-order chi connectivity index (χ1) is 35.9. The molecule has 0 spiro atoms. The second kappa shape index (κ2) is 20.8. The Labute approximate surface area is 447 Å². The Morgan fingerprint density at radius 1 is 0.867 bits per heavy atom. The van der Waals surface area contributed by atoms with Crippen LogP contribution in [0.3, 0.4) is 0 Å². The number of aliphatic imine (C=N–C) groups is 1. The normalized spacial score (nSPS) is 17.7. The number of fused-ring (bicyclic) bond motifs is 5. The number of hydrogen-bond acceptors (Lipinski definition) is 13. The third-order valence-corrected chi connectivity index (χ3v) is 16.5. The van der Waals surface area contributed by atoms with Crippen LogP contribution in [0.25, 0.3) is 15.4 Å². The van der Waals surface area contributed by atoms with Crippen LogP contribution in [0.2, 0.25) is 5.02 Å². The van der Waals surface area contributed by atoms with Crippen LogP contribution in [0.1, 0.15) is 106 Å². The predicted molar refractivity (Wildman–Crippen MR) is 292 cm³/mol. The maximum Gasteiger partial charge on any atom is 0.252 e. The van der Waals surface area contributed by atoms with Gasteiger partial charge in [0.15, 0.2) is 5.82 Å². The van der Waals surface area contributed by atoms with Gasteiger partial charge in [0, 0.05) is 51.8 Å². The number of benzene rings is 4. The molecule has 19 heteroatoms. The number of thiophene rings is 1. The van der Waals surface area contributed by atoms with Gasteiger partial charge in [-0.2, -0.15) is 10.2 Å². The highest BCUT2D eigenvalue weighted by Crippen LogP contribution is 2.40. The zero-order chi connectivity index (χ0) is 52.9. The van der Waals surface area contributed by atoms with Gasteiger partial charge < -0.3 is 26.0 Å². The second-order valence-corrected chi connectivity index (χ2v) is 22.9. The molecule has 4 amide bonds. The van der Waals surface area contributed by atoms with Crippen molar-refractivity contribution in [1.29, 1.82) is 0 Å². The van der Waals surface area contributed by atoms with Crippen LogP contribution >= 0.6 is 34.3 Å². The molecule has 1 saturated heterocycles. The van der Waals surface area contributed by atoms with Crippen molar-refractivity contribution in [1.82, 2.24) is 35.3 Å². The Morgan fingerprint density at radius 2 is 1.60 bits per heavy atom. The van der Waals surface area contributed by atoms with Gasteiger partial charge in [-0.25, -0.2) is 4.98 Å². The molecule has 0 radical (unpaired) electrons. The number of rotatable bonds is 11. The minimum atomic E-state index is -1.03. The number of azo groups is 1. The van der Waals surface area contributed by atoms with E-state index in [9.17, 15) is 24.3 Å². The molecule has 384 valence electrons. The lowest BCUT2D eigenvalue weighted by atomic mass is 9.85. The highest BCUT2D eigenvalue weighted by molar-refractivity contribution is 7.15.